The van der Waals surface area contributed by atoms with Gasteiger partial charge >= 0.3 is 12.4 Å². The Balaban J connectivity index is 1.63. The van der Waals surface area contributed by atoms with Gasteiger partial charge in [-0.15, -0.1) is 0 Å². The van der Waals surface area contributed by atoms with Crippen molar-refractivity contribution in [2.45, 2.75) is 36.0 Å². The number of benzene rings is 2. The molecule has 0 aliphatic carbocycles. The van der Waals surface area contributed by atoms with Crippen LogP contribution in [-0.2, 0) is 29.4 Å². The quantitative estimate of drug-likeness (QED) is 0.236. The standard InChI is InChI=1S/C28H26F6N6O3S/c1-39-13-11-18(12-14-39)17-7-9-19(10-8-17)43-25-23(28(32,33)34)24(21-5-3-4-6-22(21)27(29,30)31)36-26(37-25)38-44(41,42)20-15-35-40(2)16-20/h3-10,15-16,18H,11-14H2,1-2H3,(H,36,37,38). The van der Waals surface area contributed by atoms with E-state index in [-0.39, 0.29) is 16.6 Å². The van der Waals surface area contributed by atoms with Crippen LogP contribution in [0.2, 0.25) is 0 Å². The number of aromatic nitrogens is 4. The summed E-state index contributed by atoms with van der Waals surface area (Å²) in [5.74, 6) is -1.98. The Morgan fingerprint density at radius 1 is 0.909 bits per heavy atom. The molecule has 234 valence electrons. The number of hydrogen-bond acceptors (Lipinski definition) is 7. The van der Waals surface area contributed by atoms with Crippen molar-refractivity contribution in [2.75, 3.05) is 24.9 Å². The van der Waals surface area contributed by atoms with E-state index in [9.17, 15) is 34.8 Å². The third kappa shape index (κ3) is 6.80. The van der Waals surface area contributed by atoms with Crippen LogP contribution < -0.4 is 9.46 Å². The van der Waals surface area contributed by atoms with Crippen LogP contribution in [0.1, 0.15) is 35.4 Å². The molecule has 3 heterocycles. The number of piperidine rings is 1. The van der Waals surface area contributed by atoms with Gasteiger partial charge < -0.3 is 9.64 Å². The first kappa shape index (κ1) is 31.3. The topological polar surface area (TPSA) is 102 Å². The minimum atomic E-state index is -5.31. The first-order valence-corrected chi connectivity index (χ1v) is 14.7. The molecule has 1 aliphatic heterocycles. The van der Waals surface area contributed by atoms with Crippen molar-refractivity contribution in [2.24, 2.45) is 7.05 Å². The number of ether oxygens (including phenoxy) is 1. The Labute approximate surface area is 248 Å². The van der Waals surface area contributed by atoms with E-state index in [2.05, 4.69) is 20.0 Å². The Kier molecular flexibility index (Phi) is 8.33. The molecule has 1 fully saturated rings. The fourth-order valence-electron chi connectivity index (χ4n) is 4.93. The molecule has 44 heavy (non-hydrogen) atoms. The van der Waals surface area contributed by atoms with Crippen LogP contribution in [0.3, 0.4) is 0 Å². The number of sulfonamides is 1. The molecule has 0 saturated carbocycles. The first-order chi connectivity index (χ1) is 20.6. The van der Waals surface area contributed by atoms with Gasteiger partial charge in [0.15, 0.2) is 0 Å². The van der Waals surface area contributed by atoms with Gasteiger partial charge in [-0.1, -0.05) is 30.3 Å². The highest BCUT2D eigenvalue weighted by Crippen LogP contribution is 2.46. The van der Waals surface area contributed by atoms with Crippen LogP contribution in [0.25, 0.3) is 11.3 Å². The molecule has 4 aromatic rings. The number of nitrogens with zero attached hydrogens (tertiary/aromatic N) is 5. The van der Waals surface area contributed by atoms with E-state index in [0.29, 0.717) is 6.07 Å². The number of rotatable bonds is 7. The molecule has 0 bridgehead atoms. The molecular weight excluding hydrogens is 614 g/mol. The van der Waals surface area contributed by atoms with Gasteiger partial charge in [-0.05, 0) is 62.7 Å². The maximum Gasteiger partial charge on any atom is 0.423 e. The van der Waals surface area contributed by atoms with Crippen LogP contribution in [0.15, 0.2) is 65.8 Å². The zero-order chi connectivity index (χ0) is 31.9. The van der Waals surface area contributed by atoms with Crippen LogP contribution in [0.5, 0.6) is 11.6 Å². The van der Waals surface area contributed by atoms with E-state index >= 15 is 0 Å². The van der Waals surface area contributed by atoms with E-state index in [1.54, 1.807) is 12.1 Å². The summed E-state index contributed by atoms with van der Waals surface area (Å²) in [6.45, 7) is 1.78. The Hall–Kier alpha value is -4.18. The minimum absolute atomic E-state index is 0.0954. The molecule has 16 heteroatoms. The summed E-state index contributed by atoms with van der Waals surface area (Å²) >= 11 is 0. The summed E-state index contributed by atoms with van der Waals surface area (Å²) in [4.78, 5) is 9.15. The number of likely N-dealkylation sites (tertiary alicyclic amines) is 1. The number of hydrogen-bond donors (Lipinski definition) is 1. The molecule has 1 saturated heterocycles. The van der Waals surface area contributed by atoms with Crippen molar-refractivity contribution >= 4 is 16.0 Å². The van der Waals surface area contributed by atoms with Gasteiger partial charge in [0.2, 0.25) is 11.8 Å². The van der Waals surface area contributed by atoms with Crippen molar-refractivity contribution in [1.29, 1.82) is 0 Å². The molecule has 1 aliphatic rings. The molecule has 0 spiro atoms. The highest BCUT2D eigenvalue weighted by Gasteiger charge is 2.43. The SMILES string of the molecule is CN1CCC(c2ccc(Oc3nc(NS(=O)(=O)c4cnn(C)c4)nc(-c4ccccc4C(F)(F)F)c3C(F)(F)F)cc2)CC1. The molecule has 0 unspecified atom stereocenters. The van der Waals surface area contributed by atoms with Crippen LogP contribution in [-0.4, -0.2) is 53.2 Å². The van der Waals surface area contributed by atoms with Crippen LogP contribution in [0.4, 0.5) is 32.3 Å². The first-order valence-electron chi connectivity index (χ1n) is 13.3. The van der Waals surface area contributed by atoms with E-state index in [1.807, 2.05) is 11.8 Å². The number of anilines is 1. The Morgan fingerprint density at radius 2 is 1.57 bits per heavy atom. The largest absolute Gasteiger partial charge is 0.438 e. The van der Waals surface area contributed by atoms with Crippen molar-refractivity contribution in [3.05, 3.63) is 77.6 Å². The van der Waals surface area contributed by atoms with Gasteiger partial charge in [0.05, 0.1) is 17.5 Å². The summed E-state index contributed by atoms with van der Waals surface area (Å²) in [5.41, 5.74) is -4.34. The van der Waals surface area contributed by atoms with Crippen molar-refractivity contribution in [3.8, 4) is 22.9 Å². The average molecular weight is 641 g/mol. The molecule has 0 atom stereocenters. The maximum atomic E-state index is 14.6. The van der Waals surface area contributed by atoms with Crippen LogP contribution in [0, 0.1) is 0 Å². The second kappa shape index (κ2) is 11.7. The fraction of sp³-hybridized carbons (Fsp3) is 0.321. The smallest absolute Gasteiger partial charge is 0.423 e. The minimum Gasteiger partial charge on any atom is -0.438 e. The lowest BCUT2D eigenvalue weighted by molar-refractivity contribution is -0.140. The molecule has 0 radical (unpaired) electrons. The number of aryl methyl sites for hydroxylation is 1. The van der Waals surface area contributed by atoms with Gasteiger partial charge in [0, 0.05) is 18.8 Å². The van der Waals surface area contributed by atoms with Crippen LogP contribution >= 0.6 is 0 Å². The summed E-state index contributed by atoms with van der Waals surface area (Å²) in [6, 6.07) is 9.78. The third-order valence-electron chi connectivity index (χ3n) is 7.15. The second-order valence-electron chi connectivity index (χ2n) is 10.3. The van der Waals surface area contributed by atoms with Crippen molar-refractivity contribution in [1.82, 2.24) is 24.6 Å². The summed E-state index contributed by atoms with van der Waals surface area (Å²) in [7, 11) is -1.06. The predicted molar refractivity (Wildman–Crippen MR) is 147 cm³/mol. The van der Waals surface area contributed by atoms with Gasteiger partial charge in [0.25, 0.3) is 10.0 Å². The molecule has 2 aromatic carbocycles. The molecule has 5 rings (SSSR count). The predicted octanol–water partition coefficient (Wildman–Crippen LogP) is 6.32. The molecule has 0 amide bonds. The van der Waals surface area contributed by atoms with Crippen molar-refractivity contribution in [3.63, 3.8) is 0 Å². The average Bonchev–Trinajstić information content (AvgIpc) is 3.40. The monoisotopic (exact) mass is 640 g/mol. The Bertz CT molecular complexity index is 1750. The zero-order valence-electron chi connectivity index (χ0n) is 23.3. The zero-order valence-corrected chi connectivity index (χ0v) is 24.1. The van der Waals surface area contributed by atoms with Gasteiger partial charge in [-0.3, -0.25) is 4.68 Å². The van der Waals surface area contributed by atoms with E-state index in [1.165, 1.54) is 19.2 Å². The molecule has 9 nitrogen and oxygen atoms in total. The van der Waals surface area contributed by atoms with Gasteiger partial charge in [-0.2, -0.15) is 36.4 Å². The lowest BCUT2D eigenvalue weighted by Gasteiger charge is -2.29. The Morgan fingerprint density at radius 3 is 2.16 bits per heavy atom. The highest BCUT2D eigenvalue weighted by atomic mass is 32.2. The lowest BCUT2D eigenvalue weighted by Crippen LogP contribution is -2.29. The summed E-state index contributed by atoms with van der Waals surface area (Å²) < 4.78 is 120. The normalized spacial score (nSPS) is 15.4. The van der Waals surface area contributed by atoms with Crippen molar-refractivity contribution < 1.29 is 39.5 Å². The number of nitrogens with one attached hydrogen (secondary N) is 1. The van der Waals surface area contributed by atoms with E-state index in [0.717, 1.165) is 66.8 Å². The molecule has 2 aromatic heterocycles. The fourth-order valence-corrected chi connectivity index (χ4v) is 5.85. The maximum absolute atomic E-state index is 14.6. The second-order valence-corrected chi connectivity index (χ2v) is 12.0. The third-order valence-corrected chi connectivity index (χ3v) is 8.43. The molecule has 1 N–H and O–H groups in total. The van der Waals surface area contributed by atoms with E-state index < -0.39 is 56.6 Å². The summed E-state index contributed by atoms with van der Waals surface area (Å²) in [5, 5.41) is 3.75. The van der Waals surface area contributed by atoms with Gasteiger partial charge in [0.1, 0.15) is 16.2 Å². The summed E-state index contributed by atoms with van der Waals surface area (Å²) in [6.07, 6.45) is -6.51. The number of alkyl halides is 6. The lowest BCUT2D eigenvalue weighted by atomic mass is 9.90. The van der Waals surface area contributed by atoms with Gasteiger partial charge in [-0.25, -0.2) is 18.1 Å². The van der Waals surface area contributed by atoms with E-state index in [4.69, 9.17) is 4.74 Å². The highest BCUT2D eigenvalue weighted by molar-refractivity contribution is 7.92. The number of halogens is 6. The molecular formula is C28H26F6N6O3S.